The van der Waals surface area contributed by atoms with Gasteiger partial charge in [-0.15, -0.1) is 0 Å². The number of unbranched alkanes of at least 4 members (excludes halogenated alkanes) is 2. The minimum Gasteiger partial charge on any atom is -0.494 e. The van der Waals surface area contributed by atoms with Gasteiger partial charge in [0.25, 0.3) is 5.56 Å². The van der Waals surface area contributed by atoms with E-state index in [9.17, 15) is 14.7 Å². The van der Waals surface area contributed by atoms with Crippen LogP contribution < -0.4 is 16.0 Å². The van der Waals surface area contributed by atoms with Gasteiger partial charge in [-0.1, -0.05) is 39.5 Å². The van der Waals surface area contributed by atoms with E-state index in [4.69, 9.17) is 4.74 Å². The van der Waals surface area contributed by atoms with Crippen LogP contribution in [0.5, 0.6) is 11.6 Å². The van der Waals surface area contributed by atoms with Gasteiger partial charge in [0, 0.05) is 12.3 Å². The molecular weight excluding hydrogens is 370 g/mol. The monoisotopic (exact) mass is 401 g/mol. The zero-order valence-electron chi connectivity index (χ0n) is 17.5. The van der Waals surface area contributed by atoms with Crippen molar-refractivity contribution in [2.45, 2.75) is 65.3 Å². The predicted octanol–water partition coefficient (Wildman–Crippen LogP) is 3.80. The average Bonchev–Trinajstić information content (AvgIpc) is 2.70. The first kappa shape index (κ1) is 22.5. The highest BCUT2D eigenvalue weighted by molar-refractivity contribution is 5.82. The standard InChI is InChI=1S/C22H31N3O4/c1-4-7-9-16(10-8-5-2)23-15-19-20(26)24-22(28)25(21(19)27)17-11-13-18(14-12-17)29-6-3/h11-16,27H,4-10H2,1-3H3,(H,24,26,28). The lowest BCUT2D eigenvalue weighted by molar-refractivity contribution is 0.340. The quantitative estimate of drug-likeness (QED) is 0.560. The minimum atomic E-state index is -0.706. The number of hydrogen-bond donors (Lipinski definition) is 2. The fourth-order valence-corrected chi connectivity index (χ4v) is 3.11. The lowest BCUT2D eigenvalue weighted by Gasteiger charge is -2.13. The van der Waals surface area contributed by atoms with Crippen molar-refractivity contribution >= 4 is 6.21 Å². The van der Waals surface area contributed by atoms with Gasteiger partial charge >= 0.3 is 5.69 Å². The molecule has 29 heavy (non-hydrogen) atoms. The average molecular weight is 402 g/mol. The van der Waals surface area contributed by atoms with E-state index < -0.39 is 17.1 Å². The van der Waals surface area contributed by atoms with Crippen LogP contribution >= 0.6 is 0 Å². The van der Waals surface area contributed by atoms with Crippen LogP contribution in [-0.2, 0) is 0 Å². The van der Waals surface area contributed by atoms with E-state index in [0.717, 1.165) is 43.1 Å². The molecule has 0 fully saturated rings. The maximum Gasteiger partial charge on any atom is 0.335 e. The molecule has 158 valence electrons. The number of benzene rings is 1. The second-order valence-electron chi connectivity index (χ2n) is 6.98. The molecule has 1 aromatic heterocycles. The normalized spacial score (nSPS) is 11.4. The summed E-state index contributed by atoms with van der Waals surface area (Å²) < 4.78 is 6.46. The molecule has 2 N–H and O–H groups in total. The zero-order valence-corrected chi connectivity index (χ0v) is 17.5. The van der Waals surface area contributed by atoms with E-state index in [2.05, 4.69) is 23.8 Å². The number of nitrogens with zero attached hydrogens (tertiary/aromatic N) is 2. The SMILES string of the molecule is CCCCC(CCCC)N=Cc1c(O)n(-c2ccc(OCC)cc2)c(=O)[nH]c1=O. The lowest BCUT2D eigenvalue weighted by Crippen LogP contribution is -2.31. The number of H-pyrrole nitrogens is 1. The number of aromatic amines is 1. The summed E-state index contributed by atoms with van der Waals surface area (Å²) in [5, 5.41) is 10.7. The summed E-state index contributed by atoms with van der Waals surface area (Å²) in [6.45, 7) is 6.67. The van der Waals surface area contributed by atoms with Gasteiger partial charge in [0.15, 0.2) is 0 Å². The lowest BCUT2D eigenvalue weighted by atomic mass is 10.0. The van der Waals surface area contributed by atoms with E-state index in [1.54, 1.807) is 24.3 Å². The predicted molar refractivity (Wildman–Crippen MR) is 116 cm³/mol. The third-order valence-electron chi connectivity index (χ3n) is 4.72. The molecule has 0 unspecified atom stereocenters. The Bertz CT molecular complexity index is 905. The van der Waals surface area contributed by atoms with E-state index >= 15 is 0 Å². The maximum atomic E-state index is 12.3. The zero-order chi connectivity index (χ0) is 21.2. The Labute approximate surface area is 171 Å². The smallest absolute Gasteiger partial charge is 0.335 e. The van der Waals surface area contributed by atoms with Crippen LogP contribution in [0.1, 0.15) is 64.9 Å². The summed E-state index contributed by atoms with van der Waals surface area (Å²) in [6.07, 6.45) is 7.53. The van der Waals surface area contributed by atoms with Crippen molar-refractivity contribution in [1.29, 1.82) is 0 Å². The van der Waals surface area contributed by atoms with Gasteiger partial charge in [-0.25, -0.2) is 9.36 Å². The van der Waals surface area contributed by atoms with Crippen LogP contribution in [0.15, 0.2) is 38.8 Å². The molecule has 2 rings (SSSR count). The van der Waals surface area contributed by atoms with Crippen LogP contribution in [0.25, 0.3) is 5.69 Å². The molecule has 1 heterocycles. The molecule has 1 aromatic carbocycles. The van der Waals surface area contributed by atoms with Gasteiger partial charge in [0.05, 0.1) is 12.3 Å². The minimum absolute atomic E-state index is 0.0171. The molecule has 7 heteroatoms. The van der Waals surface area contributed by atoms with Gasteiger partial charge in [-0.3, -0.25) is 14.8 Å². The van der Waals surface area contributed by atoms with Crippen LogP contribution in [0.2, 0.25) is 0 Å². The molecule has 0 saturated heterocycles. The number of aromatic hydroxyl groups is 1. The maximum absolute atomic E-state index is 12.3. The van der Waals surface area contributed by atoms with Crippen molar-refractivity contribution in [3.63, 3.8) is 0 Å². The van der Waals surface area contributed by atoms with Crippen molar-refractivity contribution < 1.29 is 9.84 Å². The molecule has 0 saturated carbocycles. The van der Waals surface area contributed by atoms with Crippen molar-refractivity contribution in [3.05, 3.63) is 50.7 Å². The van der Waals surface area contributed by atoms with E-state index in [1.165, 1.54) is 6.21 Å². The summed E-state index contributed by atoms with van der Waals surface area (Å²) in [7, 11) is 0. The Morgan fingerprint density at radius 3 is 2.28 bits per heavy atom. The fraction of sp³-hybridized carbons (Fsp3) is 0.500. The van der Waals surface area contributed by atoms with Crippen LogP contribution in [0.3, 0.4) is 0 Å². The molecule has 2 aromatic rings. The van der Waals surface area contributed by atoms with E-state index in [-0.39, 0.29) is 11.6 Å². The summed E-state index contributed by atoms with van der Waals surface area (Å²) in [5.74, 6) is 0.237. The number of hydrogen-bond acceptors (Lipinski definition) is 5. The first-order valence-corrected chi connectivity index (χ1v) is 10.4. The molecule has 0 spiro atoms. The van der Waals surface area contributed by atoms with Gasteiger partial charge in [-0.05, 0) is 44.0 Å². The Balaban J connectivity index is 2.39. The summed E-state index contributed by atoms with van der Waals surface area (Å²) in [4.78, 5) is 31.4. The van der Waals surface area contributed by atoms with Gasteiger partial charge in [0.2, 0.25) is 5.88 Å². The Kier molecular flexibility index (Phi) is 8.70. The van der Waals surface area contributed by atoms with Crippen LogP contribution in [0, 0.1) is 0 Å². The van der Waals surface area contributed by atoms with Crippen molar-refractivity contribution in [1.82, 2.24) is 9.55 Å². The first-order valence-electron chi connectivity index (χ1n) is 10.4. The fourth-order valence-electron chi connectivity index (χ4n) is 3.11. The second kappa shape index (κ2) is 11.2. The topological polar surface area (TPSA) is 96.7 Å². The number of aliphatic imine (C=N–C) groups is 1. The molecule has 7 nitrogen and oxygen atoms in total. The Morgan fingerprint density at radius 2 is 1.72 bits per heavy atom. The highest BCUT2D eigenvalue weighted by Gasteiger charge is 2.15. The molecule has 0 radical (unpaired) electrons. The highest BCUT2D eigenvalue weighted by atomic mass is 16.5. The molecule has 0 aliphatic rings. The van der Waals surface area contributed by atoms with Crippen LogP contribution in [0.4, 0.5) is 0 Å². The van der Waals surface area contributed by atoms with Crippen molar-refractivity contribution in [2.75, 3.05) is 6.61 Å². The van der Waals surface area contributed by atoms with Crippen molar-refractivity contribution in [2.24, 2.45) is 4.99 Å². The third kappa shape index (κ3) is 6.07. The number of nitrogens with one attached hydrogen (secondary N) is 1. The second-order valence-corrected chi connectivity index (χ2v) is 6.98. The summed E-state index contributed by atoms with van der Waals surface area (Å²) in [6, 6.07) is 6.80. The molecule has 0 atom stereocenters. The highest BCUT2D eigenvalue weighted by Crippen LogP contribution is 2.19. The molecule has 0 amide bonds. The molecule has 0 aliphatic heterocycles. The molecular formula is C22H31N3O4. The first-order chi connectivity index (χ1) is 14.0. The third-order valence-corrected chi connectivity index (χ3v) is 4.72. The Hall–Kier alpha value is -2.83. The number of rotatable bonds is 11. The van der Waals surface area contributed by atoms with E-state index in [0.29, 0.717) is 18.0 Å². The molecule has 0 bridgehead atoms. The number of aromatic nitrogens is 2. The van der Waals surface area contributed by atoms with Crippen molar-refractivity contribution in [3.8, 4) is 17.3 Å². The summed E-state index contributed by atoms with van der Waals surface area (Å²) >= 11 is 0. The summed E-state index contributed by atoms with van der Waals surface area (Å²) in [5.41, 5.74) is -0.947. The number of ether oxygens (including phenoxy) is 1. The van der Waals surface area contributed by atoms with Gasteiger partial charge in [0.1, 0.15) is 11.3 Å². The van der Waals surface area contributed by atoms with Gasteiger partial charge in [-0.2, -0.15) is 0 Å². The largest absolute Gasteiger partial charge is 0.494 e. The molecule has 0 aliphatic carbocycles. The van der Waals surface area contributed by atoms with Gasteiger partial charge < -0.3 is 9.84 Å². The Morgan fingerprint density at radius 1 is 1.10 bits per heavy atom. The van der Waals surface area contributed by atoms with E-state index in [1.807, 2.05) is 6.92 Å². The van der Waals surface area contributed by atoms with Crippen LogP contribution in [-0.4, -0.2) is 33.5 Å².